The van der Waals surface area contributed by atoms with Crippen molar-refractivity contribution in [2.75, 3.05) is 13.2 Å². The van der Waals surface area contributed by atoms with Gasteiger partial charge in [-0.25, -0.2) is 4.79 Å². The highest BCUT2D eigenvalue weighted by molar-refractivity contribution is 5.89. The normalized spacial score (nSPS) is 10.7. The Morgan fingerprint density at radius 2 is 1.77 bits per heavy atom. The molecule has 0 bridgehead atoms. The highest BCUT2D eigenvalue weighted by atomic mass is 16.5. The first-order valence-electron chi connectivity index (χ1n) is 8.98. The first-order chi connectivity index (χ1) is 12.8. The highest BCUT2D eigenvalue weighted by Gasteiger charge is 2.09. The van der Waals surface area contributed by atoms with Crippen molar-refractivity contribution >= 4 is 5.97 Å². The molecule has 0 saturated carbocycles. The fourth-order valence-corrected chi connectivity index (χ4v) is 2.79. The van der Waals surface area contributed by atoms with Gasteiger partial charge in [-0.2, -0.15) is 0 Å². The first-order valence-corrected chi connectivity index (χ1v) is 8.98. The molecule has 4 heteroatoms. The van der Waals surface area contributed by atoms with Crippen LogP contribution in [0, 0.1) is 0 Å². The number of carbonyl (C=O) groups is 1. The Kier molecular flexibility index (Phi) is 6.23. The molecule has 0 spiro atoms. The molecule has 26 heavy (non-hydrogen) atoms. The number of rotatable bonds is 8. The van der Waals surface area contributed by atoms with Crippen LogP contribution in [-0.4, -0.2) is 19.1 Å². The molecule has 1 aromatic heterocycles. The van der Waals surface area contributed by atoms with Crippen molar-refractivity contribution in [3.63, 3.8) is 0 Å². The van der Waals surface area contributed by atoms with Crippen molar-refractivity contribution in [2.45, 2.75) is 19.9 Å². The van der Waals surface area contributed by atoms with E-state index in [2.05, 4.69) is 29.6 Å². The Balaban J connectivity index is 1.52. The average Bonchev–Trinajstić information content (AvgIpc) is 3.15. The Morgan fingerprint density at radius 3 is 2.50 bits per heavy atom. The highest BCUT2D eigenvalue weighted by Crippen LogP contribution is 2.22. The van der Waals surface area contributed by atoms with E-state index in [1.165, 1.54) is 5.56 Å². The SMILES string of the molecule is CCOC(=O)c1ccc(-c2ccc(C[NH2+]CCc3ccccc3)o2)cc1. The minimum Gasteiger partial charge on any atom is -0.462 e. The number of carbonyl (C=O) groups excluding carboxylic acids is 1. The molecule has 0 saturated heterocycles. The van der Waals surface area contributed by atoms with Gasteiger partial charge in [0.05, 0.1) is 18.7 Å². The van der Waals surface area contributed by atoms with Gasteiger partial charge in [0, 0.05) is 12.0 Å². The second-order valence-corrected chi connectivity index (χ2v) is 6.08. The van der Waals surface area contributed by atoms with E-state index in [0.717, 1.165) is 36.6 Å². The Bertz CT molecular complexity index is 822. The molecule has 0 aliphatic rings. The van der Waals surface area contributed by atoms with E-state index in [1.807, 2.05) is 30.3 Å². The van der Waals surface area contributed by atoms with Crippen LogP contribution in [0.5, 0.6) is 0 Å². The number of nitrogens with two attached hydrogens (primary N) is 1. The summed E-state index contributed by atoms with van der Waals surface area (Å²) in [5, 5.41) is 2.25. The summed E-state index contributed by atoms with van der Waals surface area (Å²) in [7, 11) is 0. The van der Waals surface area contributed by atoms with Gasteiger partial charge in [-0.3, -0.25) is 0 Å². The molecule has 3 rings (SSSR count). The number of hydrogen-bond donors (Lipinski definition) is 1. The molecule has 0 aliphatic carbocycles. The predicted molar refractivity (Wildman–Crippen MR) is 101 cm³/mol. The largest absolute Gasteiger partial charge is 0.462 e. The summed E-state index contributed by atoms with van der Waals surface area (Å²) in [6, 6.07) is 21.8. The van der Waals surface area contributed by atoms with Gasteiger partial charge in [-0.1, -0.05) is 42.5 Å². The molecular formula is C22H24NO3+. The summed E-state index contributed by atoms with van der Waals surface area (Å²) < 4.78 is 10.9. The van der Waals surface area contributed by atoms with Crippen LogP contribution in [-0.2, 0) is 17.7 Å². The van der Waals surface area contributed by atoms with Gasteiger partial charge in [0.25, 0.3) is 0 Å². The van der Waals surface area contributed by atoms with E-state index in [0.29, 0.717) is 12.2 Å². The van der Waals surface area contributed by atoms with Gasteiger partial charge in [-0.05, 0) is 36.8 Å². The summed E-state index contributed by atoms with van der Waals surface area (Å²) in [6.45, 7) is 4.01. The van der Waals surface area contributed by atoms with Gasteiger partial charge < -0.3 is 14.5 Å². The number of quaternary nitrogens is 1. The standard InChI is InChI=1S/C22H23NO3/c1-2-25-22(24)19-10-8-18(9-11-19)21-13-12-20(26-21)16-23-15-14-17-6-4-3-5-7-17/h3-13,23H,2,14-16H2,1H3/p+1. The van der Waals surface area contributed by atoms with E-state index >= 15 is 0 Å². The third-order valence-electron chi connectivity index (χ3n) is 4.17. The lowest BCUT2D eigenvalue weighted by atomic mass is 10.1. The van der Waals surface area contributed by atoms with Crippen LogP contribution in [0.3, 0.4) is 0 Å². The number of furan rings is 1. The number of benzene rings is 2. The van der Waals surface area contributed by atoms with Gasteiger partial charge in [0.1, 0.15) is 12.3 Å². The molecule has 1 heterocycles. The molecule has 0 unspecified atom stereocenters. The Morgan fingerprint density at radius 1 is 1.00 bits per heavy atom. The Labute approximate surface area is 153 Å². The van der Waals surface area contributed by atoms with E-state index in [1.54, 1.807) is 19.1 Å². The lowest BCUT2D eigenvalue weighted by Gasteiger charge is -2.03. The van der Waals surface area contributed by atoms with Gasteiger partial charge in [0.15, 0.2) is 5.76 Å². The van der Waals surface area contributed by atoms with Crippen molar-refractivity contribution in [2.24, 2.45) is 0 Å². The summed E-state index contributed by atoms with van der Waals surface area (Å²) in [4.78, 5) is 11.7. The van der Waals surface area contributed by atoms with Crippen molar-refractivity contribution < 1.29 is 19.3 Å². The van der Waals surface area contributed by atoms with Gasteiger partial charge >= 0.3 is 5.97 Å². The molecule has 134 valence electrons. The molecule has 0 amide bonds. The fourth-order valence-electron chi connectivity index (χ4n) is 2.79. The zero-order valence-electron chi connectivity index (χ0n) is 15.0. The lowest BCUT2D eigenvalue weighted by Crippen LogP contribution is -2.83. The van der Waals surface area contributed by atoms with Crippen LogP contribution in [0.4, 0.5) is 0 Å². The van der Waals surface area contributed by atoms with Crippen LogP contribution in [0.1, 0.15) is 28.6 Å². The minimum atomic E-state index is -0.299. The topological polar surface area (TPSA) is 56.0 Å². The fraction of sp³-hybridized carbons (Fsp3) is 0.227. The predicted octanol–water partition coefficient (Wildman–Crippen LogP) is 3.43. The van der Waals surface area contributed by atoms with E-state index in [-0.39, 0.29) is 5.97 Å². The summed E-state index contributed by atoms with van der Waals surface area (Å²) >= 11 is 0. The third kappa shape index (κ3) is 4.83. The monoisotopic (exact) mass is 350 g/mol. The number of hydrogen-bond acceptors (Lipinski definition) is 3. The van der Waals surface area contributed by atoms with Crippen LogP contribution in [0.25, 0.3) is 11.3 Å². The maximum Gasteiger partial charge on any atom is 0.338 e. The average molecular weight is 350 g/mol. The smallest absolute Gasteiger partial charge is 0.338 e. The second kappa shape index (κ2) is 9.02. The molecule has 2 N–H and O–H groups in total. The van der Waals surface area contributed by atoms with Crippen molar-refractivity contribution in [1.82, 2.24) is 0 Å². The Hall–Kier alpha value is -2.85. The van der Waals surface area contributed by atoms with Gasteiger partial charge in [0.2, 0.25) is 0 Å². The molecule has 4 nitrogen and oxygen atoms in total. The molecule has 0 aliphatic heterocycles. The van der Waals surface area contributed by atoms with Crippen molar-refractivity contribution in [3.8, 4) is 11.3 Å². The zero-order chi connectivity index (χ0) is 18.2. The van der Waals surface area contributed by atoms with Crippen molar-refractivity contribution in [1.29, 1.82) is 0 Å². The number of esters is 1. The van der Waals surface area contributed by atoms with Crippen LogP contribution < -0.4 is 5.32 Å². The molecule has 3 aromatic rings. The third-order valence-corrected chi connectivity index (χ3v) is 4.17. The molecular weight excluding hydrogens is 326 g/mol. The molecule has 0 atom stereocenters. The van der Waals surface area contributed by atoms with E-state index in [9.17, 15) is 4.79 Å². The molecule has 0 radical (unpaired) electrons. The second-order valence-electron chi connectivity index (χ2n) is 6.08. The molecule has 2 aromatic carbocycles. The van der Waals surface area contributed by atoms with Crippen molar-refractivity contribution in [3.05, 3.63) is 83.6 Å². The van der Waals surface area contributed by atoms with Crippen LogP contribution >= 0.6 is 0 Å². The summed E-state index contributed by atoms with van der Waals surface area (Å²) in [6.07, 6.45) is 1.05. The minimum absolute atomic E-state index is 0.299. The van der Waals surface area contributed by atoms with Gasteiger partial charge in [-0.15, -0.1) is 0 Å². The molecule has 0 fully saturated rings. The zero-order valence-corrected chi connectivity index (χ0v) is 15.0. The van der Waals surface area contributed by atoms with E-state index in [4.69, 9.17) is 9.15 Å². The lowest BCUT2D eigenvalue weighted by molar-refractivity contribution is -0.671. The quantitative estimate of drug-likeness (QED) is 0.500. The van der Waals surface area contributed by atoms with E-state index < -0.39 is 0 Å². The maximum absolute atomic E-state index is 11.7. The first kappa shape index (κ1) is 18.0. The number of ether oxygens (including phenoxy) is 1. The summed E-state index contributed by atoms with van der Waals surface area (Å²) in [5.41, 5.74) is 2.86. The van der Waals surface area contributed by atoms with Crippen LogP contribution in [0.15, 0.2) is 71.1 Å². The van der Waals surface area contributed by atoms with Crippen LogP contribution in [0.2, 0.25) is 0 Å². The maximum atomic E-state index is 11.7. The summed E-state index contributed by atoms with van der Waals surface area (Å²) in [5.74, 6) is 1.46.